The quantitative estimate of drug-likeness (QED) is 0.905. The summed E-state index contributed by atoms with van der Waals surface area (Å²) >= 11 is 0. The number of nitrogens with one attached hydrogen (secondary N) is 1. The van der Waals surface area contributed by atoms with Gasteiger partial charge in [0.2, 0.25) is 5.91 Å². The minimum Gasteiger partial charge on any atom is -0.342 e. The van der Waals surface area contributed by atoms with Crippen molar-refractivity contribution in [2.75, 3.05) is 26.2 Å². The summed E-state index contributed by atoms with van der Waals surface area (Å²) in [6.07, 6.45) is 1.17. The average Bonchev–Trinajstić information content (AvgIpc) is 2.90. The highest BCUT2D eigenvalue weighted by molar-refractivity contribution is 5.85. The van der Waals surface area contributed by atoms with Crippen LogP contribution in [0.25, 0.3) is 0 Å². The average molecular weight is 317 g/mol. The Morgan fingerprint density at radius 1 is 1.24 bits per heavy atom. The van der Waals surface area contributed by atoms with Crippen LogP contribution in [0.2, 0.25) is 0 Å². The van der Waals surface area contributed by atoms with E-state index in [1.165, 1.54) is 6.07 Å². The molecule has 3 rings (SSSR count). The van der Waals surface area contributed by atoms with Crippen molar-refractivity contribution >= 4 is 18.3 Å². The lowest BCUT2D eigenvalue weighted by Gasteiger charge is -2.34. The summed E-state index contributed by atoms with van der Waals surface area (Å²) in [6, 6.07) is 3.66. The van der Waals surface area contributed by atoms with Crippen LogP contribution in [0.3, 0.4) is 0 Å². The fourth-order valence-corrected chi connectivity index (χ4v) is 3.20. The van der Waals surface area contributed by atoms with E-state index in [2.05, 4.69) is 5.32 Å². The molecule has 116 valence electrons. The molecule has 0 saturated carbocycles. The van der Waals surface area contributed by atoms with Crippen LogP contribution in [0.5, 0.6) is 0 Å². The third-order valence-corrected chi connectivity index (χ3v) is 4.40. The van der Waals surface area contributed by atoms with Gasteiger partial charge in [-0.3, -0.25) is 4.79 Å². The predicted molar refractivity (Wildman–Crippen MR) is 78.4 cm³/mol. The van der Waals surface area contributed by atoms with Gasteiger partial charge >= 0.3 is 0 Å². The molecule has 1 N–H and O–H groups in total. The number of hydrogen-bond donors (Lipinski definition) is 1. The lowest BCUT2D eigenvalue weighted by Crippen LogP contribution is -2.44. The Morgan fingerprint density at radius 3 is 2.76 bits per heavy atom. The second-order valence-corrected chi connectivity index (χ2v) is 5.73. The van der Waals surface area contributed by atoms with Gasteiger partial charge in [-0.05, 0) is 49.0 Å². The Morgan fingerprint density at radius 2 is 2.00 bits per heavy atom. The molecule has 21 heavy (non-hydrogen) atoms. The number of nitrogens with zero attached hydrogens (tertiary/aromatic N) is 1. The van der Waals surface area contributed by atoms with Crippen molar-refractivity contribution in [3.05, 3.63) is 35.4 Å². The second-order valence-electron chi connectivity index (χ2n) is 5.73. The summed E-state index contributed by atoms with van der Waals surface area (Å²) in [5.74, 6) is -0.547. The summed E-state index contributed by atoms with van der Waals surface area (Å²) in [7, 11) is 0. The third-order valence-electron chi connectivity index (χ3n) is 4.40. The number of carbonyl (C=O) groups is 1. The first kappa shape index (κ1) is 16.2. The van der Waals surface area contributed by atoms with E-state index < -0.39 is 11.6 Å². The van der Waals surface area contributed by atoms with Crippen molar-refractivity contribution < 1.29 is 13.6 Å². The highest BCUT2D eigenvalue weighted by atomic mass is 35.5. The smallest absolute Gasteiger partial charge is 0.227 e. The molecule has 1 aromatic carbocycles. The molecular weight excluding hydrogens is 298 g/mol. The number of amides is 1. The van der Waals surface area contributed by atoms with Crippen LogP contribution < -0.4 is 5.32 Å². The molecule has 3 nitrogen and oxygen atoms in total. The molecule has 6 heteroatoms. The Kier molecular flexibility index (Phi) is 5.17. The Bertz CT molecular complexity index is 526. The largest absolute Gasteiger partial charge is 0.342 e. The lowest BCUT2D eigenvalue weighted by atomic mass is 9.88. The maximum Gasteiger partial charge on any atom is 0.227 e. The standard InChI is InChI=1S/C15H18F2N2O.ClH/c16-13-2-1-10(5-14(13)17)6-15(20)19-4-3-11-7-18-8-12(11)9-19;/h1-2,5,11-12,18H,3-4,6-9H2;1H. The first-order chi connectivity index (χ1) is 9.63. The van der Waals surface area contributed by atoms with Crippen LogP contribution in [0, 0.1) is 23.5 Å². The minimum atomic E-state index is -0.894. The number of benzene rings is 1. The van der Waals surface area contributed by atoms with Crippen LogP contribution in [0.15, 0.2) is 18.2 Å². The minimum absolute atomic E-state index is 0. The molecular formula is C15H19ClF2N2O. The van der Waals surface area contributed by atoms with Crippen molar-refractivity contribution in [3.63, 3.8) is 0 Å². The van der Waals surface area contributed by atoms with Gasteiger partial charge in [-0.15, -0.1) is 12.4 Å². The van der Waals surface area contributed by atoms with E-state index in [9.17, 15) is 13.6 Å². The topological polar surface area (TPSA) is 32.3 Å². The SMILES string of the molecule is Cl.O=C(Cc1ccc(F)c(F)c1)N1CCC2CNCC2C1. The highest BCUT2D eigenvalue weighted by Gasteiger charge is 2.34. The zero-order valence-electron chi connectivity index (χ0n) is 11.6. The van der Waals surface area contributed by atoms with E-state index in [0.717, 1.165) is 44.7 Å². The number of likely N-dealkylation sites (tertiary alicyclic amines) is 1. The van der Waals surface area contributed by atoms with Gasteiger partial charge in [0, 0.05) is 13.1 Å². The van der Waals surface area contributed by atoms with E-state index >= 15 is 0 Å². The molecule has 0 aromatic heterocycles. The Hall–Kier alpha value is -1.20. The summed E-state index contributed by atoms with van der Waals surface area (Å²) in [5.41, 5.74) is 0.528. The van der Waals surface area contributed by atoms with Crippen molar-refractivity contribution in [2.24, 2.45) is 11.8 Å². The van der Waals surface area contributed by atoms with Crippen molar-refractivity contribution in [1.82, 2.24) is 10.2 Å². The molecule has 2 aliphatic heterocycles. The summed E-state index contributed by atoms with van der Waals surface area (Å²) in [5, 5.41) is 3.36. The highest BCUT2D eigenvalue weighted by Crippen LogP contribution is 2.26. The number of rotatable bonds is 2. The molecule has 2 aliphatic rings. The Labute approximate surface area is 129 Å². The van der Waals surface area contributed by atoms with Crippen LogP contribution in [0.4, 0.5) is 8.78 Å². The van der Waals surface area contributed by atoms with Gasteiger partial charge in [-0.1, -0.05) is 6.07 Å². The molecule has 2 fully saturated rings. The molecule has 1 aromatic rings. The monoisotopic (exact) mass is 316 g/mol. The number of carbonyl (C=O) groups excluding carboxylic acids is 1. The maximum atomic E-state index is 13.1. The molecule has 0 bridgehead atoms. The molecule has 0 spiro atoms. The number of piperidine rings is 1. The van der Waals surface area contributed by atoms with Gasteiger partial charge in [0.25, 0.3) is 0 Å². The molecule has 0 radical (unpaired) electrons. The van der Waals surface area contributed by atoms with E-state index in [1.807, 2.05) is 4.90 Å². The third kappa shape index (κ3) is 3.52. The first-order valence-electron chi connectivity index (χ1n) is 7.06. The summed E-state index contributed by atoms with van der Waals surface area (Å²) in [4.78, 5) is 14.1. The molecule has 0 aliphatic carbocycles. The van der Waals surface area contributed by atoms with E-state index in [0.29, 0.717) is 17.4 Å². The molecule has 2 atom stereocenters. The molecule has 1 amide bonds. The van der Waals surface area contributed by atoms with Crippen molar-refractivity contribution in [2.45, 2.75) is 12.8 Å². The van der Waals surface area contributed by atoms with Crippen LogP contribution in [-0.4, -0.2) is 37.0 Å². The normalized spacial score (nSPS) is 24.4. The van der Waals surface area contributed by atoms with Crippen LogP contribution >= 0.6 is 12.4 Å². The van der Waals surface area contributed by atoms with Gasteiger partial charge in [0.1, 0.15) is 0 Å². The predicted octanol–water partition coefficient (Wildman–Crippen LogP) is 2.00. The van der Waals surface area contributed by atoms with E-state index in [1.54, 1.807) is 0 Å². The van der Waals surface area contributed by atoms with Gasteiger partial charge in [0.15, 0.2) is 11.6 Å². The van der Waals surface area contributed by atoms with Gasteiger partial charge in [0.05, 0.1) is 6.42 Å². The summed E-state index contributed by atoms with van der Waals surface area (Å²) < 4.78 is 26.0. The molecule has 2 heterocycles. The van der Waals surface area contributed by atoms with E-state index in [-0.39, 0.29) is 24.7 Å². The lowest BCUT2D eigenvalue weighted by molar-refractivity contribution is -0.132. The molecule has 2 unspecified atom stereocenters. The van der Waals surface area contributed by atoms with Crippen molar-refractivity contribution in [3.8, 4) is 0 Å². The first-order valence-corrected chi connectivity index (χ1v) is 7.06. The molecule has 2 saturated heterocycles. The second kappa shape index (κ2) is 6.71. The summed E-state index contributed by atoms with van der Waals surface area (Å²) in [6.45, 7) is 3.57. The van der Waals surface area contributed by atoms with Crippen molar-refractivity contribution in [1.29, 1.82) is 0 Å². The number of hydrogen-bond acceptors (Lipinski definition) is 2. The fourth-order valence-electron chi connectivity index (χ4n) is 3.20. The number of halogens is 3. The van der Waals surface area contributed by atoms with Gasteiger partial charge in [-0.2, -0.15) is 0 Å². The zero-order chi connectivity index (χ0) is 14.1. The van der Waals surface area contributed by atoms with Gasteiger partial charge in [-0.25, -0.2) is 8.78 Å². The van der Waals surface area contributed by atoms with E-state index in [4.69, 9.17) is 0 Å². The van der Waals surface area contributed by atoms with Crippen LogP contribution in [0.1, 0.15) is 12.0 Å². The van der Waals surface area contributed by atoms with Gasteiger partial charge < -0.3 is 10.2 Å². The number of fused-ring (bicyclic) bond motifs is 1. The Balaban J connectivity index is 0.00000161. The zero-order valence-corrected chi connectivity index (χ0v) is 12.5. The van der Waals surface area contributed by atoms with Crippen LogP contribution in [-0.2, 0) is 11.2 Å². The fraction of sp³-hybridized carbons (Fsp3) is 0.533. The maximum absolute atomic E-state index is 13.1.